The van der Waals surface area contributed by atoms with Crippen LogP contribution in [0.4, 0.5) is 0 Å². The molecule has 0 N–H and O–H groups in total. The molecule has 1 aliphatic carbocycles. The molecule has 1 amide bonds. The van der Waals surface area contributed by atoms with E-state index in [9.17, 15) is 4.79 Å². The fourth-order valence-electron chi connectivity index (χ4n) is 3.22. The van der Waals surface area contributed by atoms with Gasteiger partial charge in [0.2, 0.25) is 5.91 Å². The number of likely N-dealkylation sites (tertiary alicyclic amines) is 1. The maximum atomic E-state index is 12.4. The van der Waals surface area contributed by atoms with E-state index in [4.69, 9.17) is 4.74 Å². The molecule has 1 aromatic rings. The maximum Gasteiger partial charge on any atom is 0.226 e. The number of hydrogen-bond donors (Lipinski definition) is 0. The Morgan fingerprint density at radius 2 is 2.16 bits per heavy atom. The highest BCUT2D eigenvalue weighted by atomic mass is 16.5. The van der Waals surface area contributed by atoms with E-state index in [0.717, 1.165) is 38.0 Å². The van der Waals surface area contributed by atoms with Gasteiger partial charge in [0.15, 0.2) is 0 Å². The fourth-order valence-corrected chi connectivity index (χ4v) is 3.22. The molecule has 0 spiro atoms. The van der Waals surface area contributed by atoms with Gasteiger partial charge >= 0.3 is 0 Å². The number of hydrogen-bond acceptors (Lipinski definition) is 3. The van der Waals surface area contributed by atoms with Crippen LogP contribution in [0.1, 0.15) is 23.4 Å². The second-order valence-corrected chi connectivity index (χ2v) is 5.67. The molecule has 104 valence electrons. The van der Waals surface area contributed by atoms with Gasteiger partial charge in [-0.15, -0.1) is 0 Å². The van der Waals surface area contributed by atoms with Crippen molar-refractivity contribution in [2.24, 2.45) is 13.0 Å². The molecule has 1 unspecified atom stereocenters. The molecular weight excluding hydrogens is 242 g/mol. The zero-order valence-corrected chi connectivity index (χ0v) is 11.8. The Bertz CT molecular complexity index is 503. The van der Waals surface area contributed by atoms with Gasteiger partial charge in [-0.25, -0.2) is 0 Å². The summed E-state index contributed by atoms with van der Waals surface area (Å²) in [5.74, 6) is 0.415. The molecule has 5 heteroatoms. The third-order valence-corrected chi connectivity index (χ3v) is 4.50. The maximum absolute atomic E-state index is 12.4. The van der Waals surface area contributed by atoms with E-state index in [2.05, 4.69) is 12.0 Å². The van der Waals surface area contributed by atoms with Gasteiger partial charge < -0.3 is 9.64 Å². The lowest BCUT2D eigenvalue weighted by Crippen LogP contribution is -2.56. The summed E-state index contributed by atoms with van der Waals surface area (Å²) in [7, 11) is 3.68. The summed E-state index contributed by atoms with van der Waals surface area (Å²) in [6, 6.07) is 0. The summed E-state index contributed by atoms with van der Waals surface area (Å²) in [6.45, 7) is 3.56. The molecule has 0 bridgehead atoms. The van der Waals surface area contributed by atoms with Crippen LogP contribution in [0.3, 0.4) is 0 Å². The van der Waals surface area contributed by atoms with Crippen molar-refractivity contribution in [1.82, 2.24) is 14.7 Å². The van der Waals surface area contributed by atoms with Crippen molar-refractivity contribution >= 4 is 5.91 Å². The number of ether oxygens (including phenoxy) is 1. The molecule has 0 radical (unpaired) electrons. The lowest BCUT2D eigenvalue weighted by Gasteiger charge is -2.40. The van der Waals surface area contributed by atoms with E-state index in [0.29, 0.717) is 0 Å². The Labute approximate surface area is 113 Å². The SMILES string of the molecule is COC1CN(C(=O)C2CCc3c(C)nn(C)c3C2)C1. The minimum Gasteiger partial charge on any atom is -0.378 e. The summed E-state index contributed by atoms with van der Waals surface area (Å²) in [4.78, 5) is 14.3. The minimum atomic E-state index is 0.125. The van der Waals surface area contributed by atoms with Gasteiger partial charge in [0.05, 0.1) is 11.8 Å². The molecule has 5 nitrogen and oxygen atoms in total. The summed E-state index contributed by atoms with van der Waals surface area (Å²) in [5, 5.41) is 4.46. The number of rotatable bonds is 2. The van der Waals surface area contributed by atoms with Crippen LogP contribution in [-0.4, -0.2) is 46.9 Å². The van der Waals surface area contributed by atoms with E-state index in [1.165, 1.54) is 11.3 Å². The molecule has 1 aliphatic heterocycles. The summed E-state index contributed by atoms with van der Waals surface area (Å²) < 4.78 is 7.17. The highest BCUT2D eigenvalue weighted by Gasteiger charge is 2.36. The molecule has 3 rings (SSSR count). The Morgan fingerprint density at radius 1 is 1.42 bits per heavy atom. The van der Waals surface area contributed by atoms with E-state index < -0.39 is 0 Å². The Kier molecular flexibility index (Phi) is 3.09. The Hall–Kier alpha value is -1.36. The highest BCUT2D eigenvalue weighted by Crippen LogP contribution is 2.29. The first-order valence-corrected chi connectivity index (χ1v) is 6.93. The largest absolute Gasteiger partial charge is 0.378 e. The molecule has 1 fully saturated rings. The Balaban J connectivity index is 1.69. The molecule has 1 saturated heterocycles. The normalized spacial score (nSPS) is 23.1. The number of carbonyl (C=O) groups is 1. The number of aryl methyl sites for hydroxylation is 2. The van der Waals surface area contributed by atoms with Crippen LogP contribution in [0.25, 0.3) is 0 Å². The number of fused-ring (bicyclic) bond motifs is 1. The van der Waals surface area contributed by atoms with Crippen LogP contribution in [0, 0.1) is 12.8 Å². The monoisotopic (exact) mass is 263 g/mol. The first-order valence-electron chi connectivity index (χ1n) is 6.93. The second kappa shape index (κ2) is 4.63. The van der Waals surface area contributed by atoms with E-state index in [1.54, 1.807) is 7.11 Å². The smallest absolute Gasteiger partial charge is 0.226 e. The fraction of sp³-hybridized carbons (Fsp3) is 0.714. The van der Waals surface area contributed by atoms with Crippen molar-refractivity contribution in [3.05, 3.63) is 17.0 Å². The van der Waals surface area contributed by atoms with Crippen LogP contribution < -0.4 is 0 Å². The van der Waals surface area contributed by atoms with Crippen molar-refractivity contribution in [3.63, 3.8) is 0 Å². The average molecular weight is 263 g/mol. The van der Waals surface area contributed by atoms with E-state index in [1.807, 2.05) is 16.6 Å². The van der Waals surface area contributed by atoms with Crippen LogP contribution in [-0.2, 0) is 29.4 Å². The van der Waals surface area contributed by atoms with Gasteiger partial charge in [-0.05, 0) is 25.3 Å². The average Bonchev–Trinajstić information content (AvgIpc) is 2.63. The van der Waals surface area contributed by atoms with Gasteiger partial charge in [0.25, 0.3) is 0 Å². The van der Waals surface area contributed by atoms with Crippen LogP contribution in [0.5, 0.6) is 0 Å². The molecular formula is C14H21N3O2. The van der Waals surface area contributed by atoms with E-state index >= 15 is 0 Å². The number of carbonyl (C=O) groups excluding carboxylic acids is 1. The summed E-state index contributed by atoms with van der Waals surface area (Å²) in [5.41, 5.74) is 3.71. The summed E-state index contributed by atoms with van der Waals surface area (Å²) >= 11 is 0. The van der Waals surface area contributed by atoms with Crippen LogP contribution >= 0.6 is 0 Å². The van der Waals surface area contributed by atoms with Gasteiger partial charge in [-0.1, -0.05) is 0 Å². The van der Waals surface area contributed by atoms with Crippen LogP contribution in [0.15, 0.2) is 0 Å². The number of amides is 1. The van der Waals surface area contributed by atoms with Gasteiger partial charge in [-0.3, -0.25) is 9.48 Å². The van der Waals surface area contributed by atoms with Crippen molar-refractivity contribution in [1.29, 1.82) is 0 Å². The number of nitrogens with zero attached hydrogens (tertiary/aromatic N) is 3. The quantitative estimate of drug-likeness (QED) is 0.789. The lowest BCUT2D eigenvalue weighted by atomic mass is 9.85. The standard InChI is InChI=1S/C14H21N3O2/c1-9-12-5-4-10(6-13(12)16(2)15-9)14(18)17-7-11(8-17)19-3/h10-11H,4-8H2,1-3H3. The molecule has 0 aromatic carbocycles. The van der Waals surface area contributed by atoms with Crippen molar-refractivity contribution in [2.45, 2.75) is 32.3 Å². The molecule has 2 heterocycles. The van der Waals surface area contributed by atoms with Crippen molar-refractivity contribution < 1.29 is 9.53 Å². The number of aromatic nitrogens is 2. The second-order valence-electron chi connectivity index (χ2n) is 5.67. The van der Waals surface area contributed by atoms with Gasteiger partial charge in [-0.2, -0.15) is 5.10 Å². The minimum absolute atomic E-state index is 0.125. The highest BCUT2D eigenvalue weighted by molar-refractivity contribution is 5.80. The van der Waals surface area contributed by atoms with Gasteiger partial charge in [0.1, 0.15) is 0 Å². The third-order valence-electron chi connectivity index (χ3n) is 4.50. The zero-order valence-electron chi connectivity index (χ0n) is 11.8. The Morgan fingerprint density at radius 3 is 2.84 bits per heavy atom. The topological polar surface area (TPSA) is 47.4 Å². The zero-order chi connectivity index (χ0) is 13.6. The van der Waals surface area contributed by atoms with Crippen molar-refractivity contribution in [3.8, 4) is 0 Å². The first kappa shape index (κ1) is 12.7. The molecule has 2 aliphatic rings. The lowest BCUT2D eigenvalue weighted by molar-refractivity contribution is -0.147. The van der Waals surface area contributed by atoms with Gasteiger partial charge in [0, 0.05) is 45.3 Å². The predicted molar refractivity (Wildman–Crippen MR) is 70.8 cm³/mol. The molecule has 19 heavy (non-hydrogen) atoms. The van der Waals surface area contributed by atoms with E-state index in [-0.39, 0.29) is 17.9 Å². The molecule has 1 atom stereocenters. The van der Waals surface area contributed by atoms with Crippen LogP contribution in [0.2, 0.25) is 0 Å². The molecule has 1 aromatic heterocycles. The first-order chi connectivity index (χ1) is 9.10. The molecule has 0 saturated carbocycles. The summed E-state index contributed by atoms with van der Waals surface area (Å²) in [6.07, 6.45) is 3.00. The number of methoxy groups -OCH3 is 1. The third kappa shape index (κ3) is 2.06. The van der Waals surface area contributed by atoms with Crippen molar-refractivity contribution in [2.75, 3.05) is 20.2 Å². The predicted octanol–water partition coefficient (Wildman–Crippen LogP) is 0.691.